The van der Waals surface area contributed by atoms with Crippen LogP contribution in [0.3, 0.4) is 0 Å². The van der Waals surface area contributed by atoms with Crippen LogP contribution in [0.15, 0.2) is 11.8 Å². The summed E-state index contributed by atoms with van der Waals surface area (Å²) in [5, 5.41) is 0. The van der Waals surface area contributed by atoms with Crippen molar-refractivity contribution in [3.05, 3.63) is 11.8 Å². The van der Waals surface area contributed by atoms with E-state index in [1.165, 1.54) is 13.8 Å². The van der Waals surface area contributed by atoms with Crippen molar-refractivity contribution in [1.29, 1.82) is 0 Å². The molecule has 0 spiro atoms. The van der Waals surface area contributed by atoms with Gasteiger partial charge in [-0.05, 0) is 13.8 Å². The highest BCUT2D eigenvalue weighted by Gasteiger charge is 2.41. The van der Waals surface area contributed by atoms with Crippen LogP contribution >= 0.6 is 0 Å². The molecule has 1 aliphatic rings. The van der Waals surface area contributed by atoms with E-state index in [4.69, 9.17) is 0 Å². The first kappa shape index (κ1) is 5.54. The quantitative estimate of drug-likeness (QED) is 0.474. The van der Waals surface area contributed by atoms with Gasteiger partial charge < -0.3 is 4.74 Å². The highest BCUT2D eigenvalue weighted by Crippen LogP contribution is 2.37. The van der Waals surface area contributed by atoms with Crippen molar-refractivity contribution >= 4 is 0 Å². The molecule has 0 N–H and O–H groups in total. The van der Waals surface area contributed by atoms with Gasteiger partial charge in [0, 0.05) is 0 Å². The summed E-state index contributed by atoms with van der Waals surface area (Å²) in [6, 6.07) is -1.07. The lowest BCUT2D eigenvalue weighted by molar-refractivity contribution is -0.0598. The van der Waals surface area contributed by atoms with Crippen LogP contribution in [0.5, 0.6) is 0 Å². The Hall–Kier alpha value is -0.600. The average molecular weight is 120 g/mol. The second-order valence-electron chi connectivity index (χ2n) is 2.20. The molecule has 1 heterocycles. The Morgan fingerprint density at radius 1 is 1.38 bits per heavy atom. The molecule has 0 fully saturated rings. The van der Waals surface area contributed by atoms with Crippen LogP contribution in [0.25, 0.3) is 0 Å². The summed E-state index contributed by atoms with van der Waals surface area (Å²) in [5.41, 5.74) is -1.01. The molecule has 0 amide bonds. The molecule has 0 aliphatic carbocycles. The number of hydrogen-bond donors (Lipinski definition) is 0. The van der Waals surface area contributed by atoms with Gasteiger partial charge in [-0.2, -0.15) is 4.39 Å². The van der Waals surface area contributed by atoms with Crippen LogP contribution in [-0.2, 0) is 4.74 Å². The molecule has 0 unspecified atom stereocenters. The molecule has 0 aromatic heterocycles. The fourth-order valence-electron chi connectivity index (χ4n) is 0.504. The molecule has 0 aromatic rings. The van der Waals surface area contributed by atoms with Gasteiger partial charge in [0.2, 0.25) is 5.83 Å². The molecule has 0 radical (unpaired) electrons. The lowest BCUT2D eigenvalue weighted by Gasteiger charge is -2.31. The second kappa shape index (κ2) is 1.21. The summed E-state index contributed by atoms with van der Waals surface area (Å²) in [7, 11) is 0. The summed E-state index contributed by atoms with van der Waals surface area (Å²) in [5.74, 6) is -0.794. The minimum absolute atomic E-state index is 0.794. The largest absolute Gasteiger partial charge is 0.455 e. The van der Waals surface area contributed by atoms with Crippen molar-refractivity contribution in [1.82, 2.24) is 0 Å². The topological polar surface area (TPSA) is 9.23 Å². The van der Waals surface area contributed by atoms with Crippen molar-refractivity contribution in [3.63, 3.8) is 0 Å². The second-order valence-corrected chi connectivity index (χ2v) is 2.20. The van der Waals surface area contributed by atoms with Crippen LogP contribution in [0.4, 0.5) is 8.78 Å². The molecule has 0 aromatic carbocycles. The predicted molar refractivity (Wildman–Crippen MR) is 24.4 cm³/mol. The van der Waals surface area contributed by atoms with Gasteiger partial charge in [0.05, 0.1) is 0 Å². The first-order valence-electron chi connectivity index (χ1n) is 2.29. The molecule has 1 rings (SSSR count). The molecule has 0 atom stereocenters. The molecule has 46 valence electrons. The zero-order chi connectivity index (χ0) is 6.36. The van der Waals surface area contributed by atoms with Gasteiger partial charge in [-0.25, -0.2) is 4.39 Å². The van der Waals surface area contributed by atoms with Crippen molar-refractivity contribution in [3.8, 4) is 0 Å². The minimum atomic E-state index is -1.07. The lowest BCUT2D eigenvalue weighted by atomic mass is 10.1. The maximum atomic E-state index is 12.1. The van der Waals surface area contributed by atoms with Crippen molar-refractivity contribution in [2.45, 2.75) is 19.4 Å². The lowest BCUT2D eigenvalue weighted by Crippen LogP contribution is -2.33. The highest BCUT2D eigenvalue weighted by molar-refractivity contribution is 5.16. The number of halogens is 2. The molecule has 1 nitrogen and oxygen atoms in total. The minimum Gasteiger partial charge on any atom is -0.455 e. The maximum absolute atomic E-state index is 12.1. The van der Waals surface area contributed by atoms with Gasteiger partial charge in [0.15, 0.2) is 5.60 Å². The Balaban J connectivity index is 2.80. The van der Waals surface area contributed by atoms with Crippen LogP contribution in [0, 0.1) is 0 Å². The summed E-state index contributed by atoms with van der Waals surface area (Å²) in [4.78, 5) is 0. The summed E-state index contributed by atoms with van der Waals surface area (Å²) in [6.45, 7) is 2.93. The van der Waals surface area contributed by atoms with E-state index >= 15 is 0 Å². The molecule has 0 bridgehead atoms. The Morgan fingerprint density at radius 3 is 1.88 bits per heavy atom. The van der Waals surface area contributed by atoms with Crippen molar-refractivity contribution in [2.75, 3.05) is 0 Å². The van der Waals surface area contributed by atoms with E-state index in [9.17, 15) is 8.78 Å². The summed E-state index contributed by atoms with van der Waals surface area (Å²) >= 11 is 0. The van der Waals surface area contributed by atoms with Crippen LogP contribution in [0.1, 0.15) is 13.8 Å². The van der Waals surface area contributed by atoms with E-state index in [2.05, 4.69) is 4.74 Å². The monoisotopic (exact) mass is 120 g/mol. The van der Waals surface area contributed by atoms with E-state index in [0.717, 1.165) is 0 Å². The molecule has 0 saturated heterocycles. The molecule has 1 aliphatic heterocycles. The Labute approximate surface area is 45.9 Å². The third-order valence-electron chi connectivity index (χ3n) is 1.05. The van der Waals surface area contributed by atoms with E-state index in [1.807, 2.05) is 0 Å². The van der Waals surface area contributed by atoms with E-state index < -0.39 is 17.4 Å². The van der Waals surface area contributed by atoms with E-state index in [1.54, 1.807) is 0 Å². The third kappa shape index (κ3) is 0.504. The number of ether oxygens (including phenoxy) is 1. The first-order chi connectivity index (χ1) is 3.54. The number of rotatable bonds is 0. The van der Waals surface area contributed by atoms with Gasteiger partial charge in [-0.15, -0.1) is 0 Å². The first-order valence-corrected chi connectivity index (χ1v) is 2.29. The number of hydrogen-bond acceptors (Lipinski definition) is 1. The zero-order valence-electron chi connectivity index (χ0n) is 4.66. The Kier molecular flexibility index (Phi) is 0.840. The van der Waals surface area contributed by atoms with Crippen LogP contribution < -0.4 is 0 Å². The summed E-state index contributed by atoms with van der Waals surface area (Å²) in [6.07, 6.45) is 0. The normalized spacial score (nSPS) is 24.5. The molecular weight excluding hydrogens is 114 g/mol. The van der Waals surface area contributed by atoms with Crippen LogP contribution in [-0.4, -0.2) is 5.60 Å². The fraction of sp³-hybridized carbons (Fsp3) is 0.600. The van der Waals surface area contributed by atoms with Gasteiger partial charge >= 0.3 is 6.01 Å². The SMILES string of the molecule is CC1(C)OC(F)=C1F. The standard InChI is InChI=1S/C5H6F2O/c1-5(2)3(6)4(7)8-5/h1-2H3. The van der Waals surface area contributed by atoms with Gasteiger partial charge in [-0.1, -0.05) is 0 Å². The third-order valence-corrected chi connectivity index (χ3v) is 1.05. The van der Waals surface area contributed by atoms with Gasteiger partial charge in [-0.3, -0.25) is 0 Å². The summed E-state index contributed by atoms with van der Waals surface area (Å²) < 4.78 is 28.0. The Bertz CT molecular complexity index is 149. The van der Waals surface area contributed by atoms with E-state index in [-0.39, 0.29) is 0 Å². The predicted octanol–water partition coefficient (Wildman–Crippen LogP) is 1.90. The van der Waals surface area contributed by atoms with Crippen molar-refractivity contribution < 1.29 is 13.5 Å². The maximum Gasteiger partial charge on any atom is 0.310 e. The Morgan fingerprint density at radius 2 is 1.88 bits per heavy atom. The van der Waals surface area contributed by atoms with E-state index in [0.29, 0.717) is 0 Å². The molecule has 3 heteroatoms. The van der Waals surface area contributed by atoms with Crippen LogP contribution in [0.2, 0.25) is 0 Å². The van der Waals surface area contributed by atoms with Gasteiger partial charge in [0.25, 0.3) is 0 Å². The average Bonchev–Trinajstić information content (AvgIpc) is 1.65. The molecule has 8 heavy (non-hydrogen) atoms. The smallest absolute Gasteiger partial charge is 0.310 e. The fourth-order valence-corrected chi connectivity index (χ4v) is 0.504. The molecular formula is C5H6F2O. The van der Waals surface area contributed by atoms with Crippen molar-refractivity contribution in [2.24, 2.45) is 0 Å². The molecule has 0 saturated carbocycles. The zero-order valence-corrected chi connectivity index (χ0v) is 4.66. The highest BCUT2D eigenvalue weighted by atomic mass is 19.2. The van der Waals surface area contributed by atoms with Gasteiger partial charge in [0.1, 0.15) is 0 Å².